The number of halogens is 2. The average Bonchev–Trinajstić information content (AvgIpc) is 3.35. The molecular weight excluding hydrogens is 486 g/mol. The van der Waals surface area contributed by atoms with Gasteiger partial charge < -0.3 is 19.5 Å². The Morgan fingerprint density at radius 2 is 2.08 bits per heavy atom. The number of benzene rings is 1. The number of aromatic nitrogens is 4. The first-order valence-electron chi connectivity index (χ1n) is 12.7. The second-order valence-electron chi connectivity index (χ2n) is 10.1. The lowest BCUT2D eigenvalue weighted by Crippen LogP contribution is -2.43. The molecule has 5 heterocycles. The summed E-state index contributed by atoms with van der Waals surface area (Å²) in [5.41, 5.74) is -0.957. The zero-order valence-corrected chi connectivity index (χ0v) is 20.7. The molecule has 3 aliphatic rings. The molecule has 0 radical (unpaired) electrons. The Bertz CT molecular complexity index is 1370. The molecule has 3 fully saturated rings. The van der Waals surface area contributed by atoms with E-state index in [-0.39, 0.29) is 40.6 Å². The van der Waals surface area contributed by atoms with E-state index in [1.54, 1.807) is 7.05 Å². The standard InChI is InChI=1S/C25H30F2N6O4/c1-30-21-19(23(35)33(30)20-17(27)5-2-6-18(20)34)22(31-8-4-11-36-12-10-31)29-24(28-21)37-15-25-7-3-9-32(25)14-16(26)13-25/h2,5-6,16,34H,3-4,7-15H2,1H3. The van der Waals surface area contributed by atoms with Crippen LogP contribution in [0.4, 0.5) is 14.6 Å². The van der Waals surface area contributed by atoms with Crippen LogP contribution in [0.2, 0.25) is 0 Å². The molecule has 3 aromatic rings. The van der Waals surface area contributed by atoms with Crippen molar-refractivity contribution in [2.45, 2.75) is 37.4 Å². The second-order valence-corrected chi connectivity index (χ2v) is 10.1. The number of phenols is 1. The number of anilines is 1. The highest BCUT2D eigenvalue weighted by molar-refractivity contribution is 5.88. The summed E-state index contributed by atoms with van der Waals surface area (Å²) in [7, 11) is 1.57. The van der Waals surface area contributed by atoms with Gasteiger partial charge in [-0.15, -0.1) is 0 Å². The van der Waals surface area contributed by atoms with Crippen LogP contribution in [0.3, 0.4) is 0 Å². The number of fused-ring (bicyclic) bond motifs is 2. The molecule has 0 aliphatic carbocycles. The van der Waals surface area contributed by atoms with Crippen molar-refractivity contribution in [1.82, 2.24) is 24.2 Å². The highest BCUT2D eigenvalue weighted by Gasteiger charge is 2.49. The predicted octanol–water partition coefficient (Wildman–Crippen LogP) is 2.15. The van der Waals surface area contributed by atoms with E-state index in [1.165, 1.54) is 22.9 Å². The summed E-state index contributed by atoms with van der Waals surface area (Å²) in [5.74, 6) is -0.745. The van der Waals surface area contributed by atoms with Crippen LogP contribution in [0.1, 0.15) is 25.7 Å². The first-order chi connectivity index (χ1) is 17.9. The summed E-state index contributed by atoms with van der Waals surface area (Å²) in [4.78, 5) is 27.0. The third-order valence-electron chi connectivity index (χ3n) is 7.79. The summed E-state index contributed by atoms with van der Waals surface area (Å²) in [6, 6.07) is 3.94. The molecule has 1 aromatic carbocycles. The van der Waals surface area contributed by atoms with Gasteiger partial charge in [0.2, 0.25) is 0 Å². The third kappa shape index (κ3) is 4.02. The fourth-order valence-electron chi connectivity index (χ4n) is 6.04. The molecule has 6 rings (SSSR count). The van der Waals surface area contributed by atoms with Gasteiger partial charge in [0.25, 0.3) is 5.56 Å². The van der Waals surface area contributed by atoms with E-state index in [9.17, 15) is 18.7 Å². The van der Waals surface area contributed by atoms with Gasteiger partial charge >= 0.3 is 6.01 Å². The minimum Gasteiger partial charge on any atom is -0.506 e. The molecule has 1 N–H and O–H groups in total. The number of hydrogen-bond donors (Lipinski definition) is 1. The molecule has 0 bridgehead atoms. The van der Waals surface area contributed by atoms with Crippen LogP contribution in [0.15, 0.2) is 23.0 Å². The third-order valence-corrected chi connectivity index (χ3v) is 7.79. The van der Waals surface area contributed by atoms with Crippen LogP contribution >= 0.6 is 0 Å². The van der Waals surface area contributed by atoms with E-state index in [0.717, 1.165) is 30.5 Å². The Labute approximate surface area is 212 Å². The van der Waals surface area contributed by atoms with Crippen molar-refractivity contribution in [1.29, 1.82) is 0 Å². The van der Waals surface area contributed by atoms with E-state index in [2.05, 4.69) is 14.9 Å². The number of alkyl halides is 1. The SMILES string of the molecule is Cn1c2nc(OCC34CCCN3CC(F)C4)nc(N3CCCOCC3)c2c(=O)n1-c1c(O)cccc1F. The van der Waals surface area contributed by atoms with E-state index in [1.807, 2.05) is 4.90 Å². The summed E-state index contributed by atoms with van der Waals surface area (Å²) >= 11 is 0. The lowest BCUT2D eigenvalue weighted by Gasteiger charge is -2.31. The fraction of sp³-hybridized carbons (Fsp3) is 0.560. The van der Waals surface area contributed by atoms with Crippen molar-refractivity contribution in [3.05, 3.63) is 34.4 Å². The number of para-hydroxylation sites is 1. The number of phenolic OH excluding ortho intramolecular Hbond substituents is 1. The largest absolute Gasteiger partial charge is 0.506 e. The molecule has 2 atom stereocenters. The van der Waals surface area contributed by atoms with Gasteiger partial charge in [-0.05, 0) is 37.9 Å². The topological polar surface area (TPSA) is 97.9 Å². The number of rotatable bonds is 5. The molecule has 0 spiro atoms. The average molecular weight is 517 g/mol. The molecule has 3 saturated heterocycles. The second kappa shape index (κ2) is 9.25. The van der Waals surface area contributed by atoms with E-state index < -0.39 is 17.5 Å². The van der Waals surface area contributed by atoms with Gasteiger partial charge in [-0.2, -0.15) is 9.97 Å². The van der Waals surface area contributed by atoms with Gasteiger partial charge in [-0.1, -0.05) is 6.07 Å². The fourth-order valence-corrected chi connectivity index (χ4v) is 6.04. The molecule has 3 aliphatic heterocycles. The molecule has 10 nitrogen and oxygen atoms in total. The number of aromatic hydroxyl groups is 1. The molecule has 12 heteroatoms. The highest BCUT2D eigenvalue weighted by atomic mass is 19.1. The quantitative estimate of drug-likeness (QED) is 0.551. The van der Waals surface area contributed by atoms with Gasteiger partial charge in [-0.3, -0.25) is 14.4 Å². The van der Waals surface area contributed by atoms with Crippen molar-refractivity contribution in [3.8, 4) is 17.4 Å². The lowest BCUT2D eigenvalue weighted by atomic mass is 9.95. The first-order valence-corrected chi connectivity index (χ1v) is 12.7. The summed E-state index contributed by atoms with van der Waals surface area (Å²) in [6.07, 6.45) is 2.09. The van der Waals surface area contributed by atoms with Gasteiger partial charge in [0.1, 0.15) is 29.6 Å². The van der Waals surface area contributed by atoms with E-state index >= 15 is 0 Å². The summed E-state index contributed by atoms with van der Waals surface area (Å²) in [6.45, 7) is 3.66. The maximum absolute atomic E-state index is 14.8. The Morgan fingerprint density at radius 3 is 2.92 bits per heavy atom. The smallest absolute Gasteiger partial charge is 0.320 e. The van der Waals surface area contributed by atoms with Crippen LogP contribution in [0, 0.1) is 5.82 Å². The molecule has 0 saturated carbocycles. The van der Waals surface area contributed by atoms with E-state index in [4.69, 9.17) is 9.47 Å². The number of nitrogens with zero attached hydrogens (tertiary/aromatic N) is 6. The molecule has 2 unspecified atom stereocenters. The van der Waals surface area contributed by atoms with E-state index in [0.29, 0.717) is 45.1 Å². The highest BCUT2D eigenvalue weighted by Crippen LogP contribution is 2.40. The Hall–Kier alpha value is -3.25. The number of hydrogen-bond acceptors (Lipinski definition) is 8. The molecule has 198 valence electrons. The number of aryl methyl sites for hydroxylation is 1. The normalized spacial score (nSPS) is 24.5. The Kier molecular flexibility index (Phi) is 6.03. The van der Waals surface area contributed by atoms with Gasteiger partial charge in [0.15, 0.2) is 17.3 Å². The summed E-state index contributed by atoms with van der Waals surface area (Å²) < 4.78 is 43.3. The Morgan fingerprint density at radius 1 is 1.22 bits per heavy atom. The predicted molar refractivity (Wildman–Crippen MR) is 132 cm³/mol. The summed E-state index contributed by atoms with van der Waals surface area (Å²) in [5, 5.41) is 10.6. The van der Waals surface area contributed by atoms with Gasteiger partial charge in [0, 0.05) is 39.7 Å². The minimum absolute atomic E-state index is 0.0710. The van der Waals surface area contributed by atoms with Crippen LogP contribution in [0.5, 0.6) is 11.8 Å². The minimum atomic E-state index is -0.886. The zero-order valence-electron chi connectivity index (χ0n) is 20.7. The molecule has 2 aromatic heterocycles. The zero-order chi connectivity index (χ0) is 25.7. The monoisotopic (exact) mass is 516 g/mol. The van der Waals surface area contributed by atoms with Crippen molar-refractivity contribution in [2.75, 3.05) is 50.9 Å². The van der Waals surface area contributed by atoms with Crippen molar-refractivity contribution < 1.29 is 23.4 Å². The molecule has 37 heavy (non-hydrogen) atoms. The maximum Gasteiger partial charge on any atom is 0.320 e. The van der Waals surface area contributed by atoms with Crippen LogP contribution in [-0.2, 0) is 11.8 Å². The van der Waals surface area contributed by atoms with Crippen LogP contribution < -0.4 is 15.2 Å². The Balaban J connectivity index is 1.47. The maximum atomic E-state index is 14.8. The van der Waals surface area contributed by atoms with Crippen molar-refractivity contribution in [2.24, 2.45) is 7.05 Å². The van der Waals surface area contributed by atoms with Crippen LogP contribution in [-0.4, -0.2) is 87.0 Å². The number of ether oxygens (including phenoxy) is 2. The van der Waals surface area contributed by atoms with Gasteiger partial charge in [0.05, 0.1) is 12.1 Å². The van der Waals surface area contributed by atoms with Crippen molar-refractivity contribution in [3.63, 3.8) is 0 Å². The molecular formula is C25H30F2N6O4. The lowest BCUT2D eigenvalue weighted by molar-refractivity contribution is 0.107. The van der Waals surface area contributed by atoms with Crippen molar-refractivity contribution >= 4 is 16.9 Å². The van der Waals surface area contributed by atoms with Crippen LogP contribution in [0.25, 0.3) is 16.7 Å². The van der Waals surface area contributed by atoms with Gasteiger partial charge in [-0.25, -0.2) is 13.5 Å². The first kappa shape index (κ1) is 24.1. The molecule has 0 amide bonds.